The predicted octanol–water partition coefficient (Wildman–Crippen LogP) is 2.66. The average Bonchev–Trinajstić information content (AvgIpc) is 3.13. The second-order valence-corrected chi connectivity index (χ2v) is 12.0. The summed E-state index contributed by atoms with van der Waals surface area (Å²) in [6.45, 7) is 8.80. The van der Waals surface area contributed by atoms with Gasteiger partial charge in [-0.2, -0.15) is 5.10 Å². The summed E-state index contributed by atoms with van der Waals surface area (Å²) in [6, 6.07) is 3.74. The fourth-order valence-electron chi connectivity index (χ4n) is 5.00. The zero-order valence-electron chi connectivity index (χ0n) is 18.7. The van der Waals surface area contributed by atoms with E-state index >= 15 is 0 Å². The number of hydrogen-bond donors (Lipinski definition) is 2. The lowest BCUT2D eigenvalue weighted by molar-refractivity contribution is 0.150. The SMILES string of the molecule is [C-]#[N+]C1(NS(=O)(=O)c2cc(N3CC4CCC(C3)N4)c3c(c2)c(-c2nnc(C(F)F)s2)nn3C)CC1. The molecule has 2 atom stereocenters. The van der Waals surface area contributed by atoms with Gasteiger partial charge in [-0.3, -0.25) is 9.53 Å². The molecule has 3 fully saturated rings. The lowest BCUT2D eigenvalue weighted by Crippen LogP contribution is -2.51. The zero-order valence-corrected chi connectivity index (χ0v) is 20.3. The van der Waals surface area contributed by atoms with Gasteiger partial charge in [0.15, 0.2) is 10.0 Å². The minimum atomic E-state index is -4.03. The minimum Gasteiger partial charge on any atom is -0.367 e. The maximum atomic E-state index is 13.4. The minimum absolute atomic E-state index is 0.00801. The van der Waals surface area contributed by atoms with E-state index in [0.717, 1.165) is 24.2 Å². The van der Waals surface area contributed by atoms with Crippen LogP contribution in [0.4, 0.5) is 14.5 Å². The van der Waals surface area contributed by atoms with Gasteiger partial charge in [-0.25, -0.2) is 23.8 Å². The number of anilines is 1. The van der Waals surface area contributed by atoms with Crippen molar-refractivity contribution in [2.45, 2.75) is 54.8 Å². The van der Waals surface area contributed by atoms with Gasteiger partial charge >= 0.3 is 0 Å². The first-order chi connectivity index (χ1) is 16.7. The average molecular weight is 521 g/mol. The molecule has 14 heteroatoms. The largest absolute Gasteiger partial charge is 0.367 e. The highest BCUT2D eigenvalue weighted by Gasteiger charge is 2.54. The maximum Gasteiger partial charge on any atom is 0.299 e. The lowest BCUT2D eigenvalue weighted by Gasteiger charge is -2.35. The third-order valence-electron chi connectivity index (χ3n) is 6.85. The van der Waals surface area contributed by atoms with Gasteiger partial charge in [0.2, 0.25) is 10.0 Å². The summed E-state index contributed by atoms with van der Waals surface area (Å²) in [4.78, 5) is 5.64. The van der Waals surface area contributed by atoms with Crippen LogP contribution in [0.2, 0.25) is 0 Å². The summed E-state index contributed by atoms with van der Waals surface area (Å²) in [5.41, 5.74) is 0.606. The Morgan fingerprint density at radius 2 is 1.97 bits per heavy atom. The van der Waals surface area contributed by atoms with Crippen LogP contribution in [0, 0.1) is 6.57 Å². The quantitative estimate of drug-likeness (QED) is 0.481. The van der Waals surface area contributed by atoms with Gasteiger partial charge in [-0.15, -0.1) is 14.9 Å². The van der Waals surface area contributed by atoms with Crippen molar-refractivity contribution in [2.75, 3.05) is 18.0 Å². The molecule has 1 aromatic carbocycles. The molecule has 2 N–H and O–H groups in total. The van der Waals surface area contributed by atoms with Crippen molar-refractivity contribution in [3.05, 3.63) is 28.6 Å². The normalized spacial score (nSPS) is 23.2. The Bertz CT molecular complexity index is 1460. The molecule has 0 radical (unpaired) electrons. The van der Waals surface area contributed by atoms with Crippen molar-refractivity contribution in [1.29, 1.82) is 0 Å². The number of piperazine rings is 1. The van der Waals surface area contributed by atoms with Crippen LogP contribution in [0.25, 0.3) is 26.4 Å². The summed E-state index contributed by atoms with van der Waals surface area (Å²) < 4.78 is 57.3. The molecule has 6 rings (SSSR count). The molecular formula is C21H22F2N8O2S2. The van der Waals surface area contributed by atoms with Crippen LogP contribution in [-0.4, -0.2) is 59.2 Å². The molecular weight excluding hydrogens is 498 g/mol. The van der Waals surface area contributed by atoms with Crippen LogP contribution >= 0.6 is 11.3 Å². The highest BCUT2D eigenvalue weighted by molar-refractivity contribution is 7.89. The van der Waals surface area contributed by atoms with E-state index in [1.54, 1.807) is 17.8 Å². The third-order valence-corrected chi connectivity index (χ3v) is 9.29. The Balaban J connectivity index is 1.53. The first-order valence-corrected chi connectivity index (χ1v) is 13.5. The summed E-state index contributed by atoms with van der Waals surface area (Å²) >= 11 is 0.735. The Morgan fingerprint density at radius 1 is 1.26 bits per heavy atom. The zero-order chi connectivity index (χ0) is 24.5. The van der Waals surface area contributed by atoms with Crippen LogP contribution in [0.15, 0.2) is 17.0 Å². The van der Waals surface area contributed by atoms with Gasteiger partial charge in [-0.05, 0) is 25.0 Å². The van der Waals surface area contributed by atoms with Crippen LogP contribution in [-0.2, 0) is 17.1 Å². The Kier molecular flexibility index (Phi) is 5.12. The van der Waals surface area contributed by atoms with Crippen LogP contribution in [0.5, 0.6) is 0 Å². The first-order valence-electron chi connectivity index (χ1n) is 11.2. The van der Waals surface area contributed by atoms with Gasteiger partial charge in [0.25, 0.3) is 12.1 Å². The molecule has 1 aliphatic carbocycles. The second kappa shape index (κ2) is 7.89. The maximum absolute atomic E-state index is 13.4. The molecule has 2 unspecified atom stereocenters. The van der Waals surface area contributed by atoms with Gasteiger partial charge in [-0.1, -0.05) is 11.3 Å². The van der Waals surface area contributed by atoms with Crippen molar-refractivity contribution < 1.29 is 17.2 Å². The predicted molar refractivity (Wildman–Crippen MR) is 126 cm³/mol. The molecule has 35 heavy (non-hydrogen) atoms. The topological polar surface area (TPSA) is 109 Å². The highest BCUT2D eigenvalue weighted by atomic mass is 32.2. The number of aryl methyl sites for hydroxylation is 1. The summed E-state index contributed by atoms with van der Waals surface area (Å²) in [7, 11) is -2.28. The molecule has 3 aromatic rings. The molecule has 2 aromatic heterocycles. The van der Waals surface area contributed by atoms with Crippen molar-refractivity contribution >= 4 is 38.0 Å². The van der Waals surface area contributed by atoms with Crippen LogP contribution in [0.1, 0.15) is 37.1 Å². The molecule has 4 heterocycles. The fraction of sp³-hybridized carbons (Fsp3) is 0.524. The van der Waals surface area contributed by atoms with E-state index in [1.165, 1.54) is 6.07 Å². The molecule has 10 nitrogen and oxygen atoms in total. The van der Waals surface area contributed by atoms with Gasteiger partial charge in [0, 0.05) is 37.6 Å². The fourth-order valence-corrected chi connectivity index (χ4v) is 7.10. The van der Waals surface area contributed by atoms with E-state index in [0.29, 0.717) is 60.3 Å². The molecule has 1 saturated carbocycles. The molecule has 3 aliphatic rings. The third kappa shape index (κ3) is 3.86. The van der Waals surface area contributed by atoms with E-state index in [9.17, 15) is 17.2 Å². The van der Waals surface area contributed by atoms with Crippen LogP contribution in [0.3, 0.4) is 0 Å². The van der Waals surface area contributed by atoms with Crippen molar-refractivity contribution in [2.24, 2.45) is 7.05 Å². The number of alkyl halides is 2. The number of nitrogens with zero attached hydrogens (tertiary/aromatic N) is 6. The summed E-state index contributed by atoms with van der Waals surface area (Å²) in [6.07, 6.45) is 0.271. The number of rotatable bonds is 6. The van der Waals surface area contributed by atoms with E-state index < -0.39 is 27.1 Å². The van der Waals surface area contributed by atoms with Crippen molar-refractivity contribution in [1.82, 2.24) is 30.0 Å². The molecule has 0 spiro atoms. The second-order valence-electron chi connectivity index (χ2n) is 9.35. The number of sulfonamides is 1. The van der Waals surface area contributed by atoms with Crippen molar-refractivity contribution in [3.63, 3.8) is 0 Å². The molecule has 184 valence electrons. The molecule has 2 saturated heterocycles. The first kappa shape index (κ1) is 22.7. The Labute approximate surface area is 204 Å². The smallest absolute Gasteiger partial charge is 0.299 e. The van der Waals surface area contributed by atoms with Crippen molar-refractivity contribution in [3.8, 4) is 10.7 Å². The highest BCUT2D eigenvalue weighted by Crippen LogP contribution is 2.41. The van der Waals surface area contributed by atoms with E-state index in [2.05, 4.69) is 35.1 Å². The Morgan fingerprint density at radius 3 is 2.57 bits per heavy atom. The lowest BCUT2D eigenvalue weighted by atomic mass is 10.1. The summed E-state index contributed by atoms with van der Waals surface area (Å²) in [5.74, 6) is 0. The number of benzene rings is 1. The van der Waals surface area contributed by atoms with Crippen LogP contribution < -0.4 is 14.9 Å². The van der Waals surface area contributed by atoms with Gasteiger partial charge in [0.1, 0.15) is 5.69 Å². The molecule has 0 amide bonds. The number of nitrogens with one attached hydrogen (secondary N) is 2. The monoisotopic (exact) mass is 520 g/mol. The van der Waals surface area contributed by atoms with Gasteiger partial charge < -0.3 is 10.2 Å². The standard InChI is InChI=1S/C21H22F2N8O2S2/c1-24-21(5-6-21)29-35(32,33)13-7-14-16(19-26-27-20(34-19)18(22)23)28-30(2)17(14)15(8-13)31-9-11-3-4-12(10-31)25-11/h7-8,11-12,18,25,29H,3-6,9-10H2,2H3. The molecule has 2 bridgehead atoms. The number of hydrogen-bond acceptors (Lipinski definition) is 8. The number of aromatic nitrogens is 4. The number of fused-ring (bicyclic) bond motifs is 3. The van der Waals surface area contributed by atoms with Gasteiger partial charge in [0.05, 0.1) is 28.9 Å². The number of halogens is 2. The Hall–Kier alpha value is -2.73. The molecule has 2 aliphatic heterocycles. The summed E-state index contributed by atoms with van der Waals surface area (Å²) in [5, 5.41) is 15.9. The van der Waals surface area contributed by atoms with E-state index in [1.807, 2.05) is 0 Å². The van der Waals surface area contributed by atoms with E-state index in [4.69, 9.17) is 6.57 Å². The van der Waals surface area contributed by atoms with E-state index in [-0.39, 0.29) is 9.90 Å².